The van der Waals surface area contributed by atoms with Gasteiger partial charge in [0, 0.05) is 42.6 Å². The van der Waals surface area contributed by atoms with Crippen molar-refractivity contribution in [3.63, 3.8) is 0 Å². The van der Waals surface area contributed by atoms with Crippen molar-refractivity contribution < 1.29 is 9.90 Å². The summed E-state index contributed by atoms with van der Waals surface area (Å²) in [6, 6.07) is 11.8. The second kappa shape index (κ2) is 6.41. The maximum atomic E-state index is 11.0. The van der Waals surface area contributed by atoms with Gasteiger partial charge < -0.3 is 15.0 Å². The van der Waals surface area contributed by atoms with Crippen LogP contribution >= 0.6 is 0 Å². The number of pyridine rings is 1. The largest absolute Gasteiger partial charge is 0.480 e. The Kier molecular flexibility index (Phi) is 4.16. The van der Waals surface area contributed by atoms with Gasteiger partial charge in [0.2, 0.25) is 0 Å². The highest BCUT2D eigenvalue weighted by Gasteiger charge is 2.09. The first-order chi connectivity index (χ1) is 10.7. The Bertz CT molecular complexity index is 781. The summed E-state index contributed by atoms with van der Waals surface area (Å²) in [4.78, 5) is 15.1. The van der Waals surface area contributed by atoms with E-state index in [4.69, 9.17) is 5.11 Å². The molecule has 3 aromatic rings. The van der Waals surface area contributed by atoms with E-state index >= 15 is 0 Å². The quantitative estimate of drug-likeness (QED) is 0.733. The summed E-state index contributed by atoms with van der Waals surface area (Å²) in [5.74, 6) is -0.837. The van der Waals surface area contributed by atoms with Gasteiger partial charge in [-0.3, -0.25) is 9.78 Å². The van der Waals surface area contributed by atoms with Crippen LogP contribution in [0, 0.1) is 0 Å². The number of aromatic nitrogens is 2. The van der Waals surface area contributed by atoms with E-state index in [9.17, 15) is 4.79 Å². The minimum absolute atomic E-state index is 0.0247. The lowest BCUT2D eigenvalue weighted by molar-refractivity contribution is -0.137. The third-order valence-corrected chi connectivity index (χ3v) is 3.54. The molecule has 0 amide bonds. The van der Waals surface area contributed by atoms with Crippen molar-refractivity contribution in [1.82, 2.24) is 14.9 Å². The fraction of sp³-hybridized carbons (Fsp3) is 0.176. The standard InChI is InChI=1S/C17H17N3O2/c21-17(22)12-20-11-14(15-5-1-2-6-16(15)20)10-19-9-13-4-3-7-18-8-13/h1-8,11,19H,9-10,12H2,(H,21,22). The molecule has 5 nitrogen and oxygen atoms in total. The zero-order valence-corrected chi connectivity index (χ0v) is 12.1. The topological polar surface area (TPSA) is 67.2 Å². The number of carbonyl (C=O) groups is 1. The molecule has 0 aliphatic rings. The van der Waals surface area contributed by atoms with Crippen molar-refractivity contribution >= 4 is 16.9 Å². The normalized spacial score (nSPS) is 10.9. The van der Waals surface area contributed by atoms with Crippen LogP contribution in [0.2, 0.25) is 0 Å². The van der Waals surface area contributed by atoms with E-state index in [2.05, 4.69) is 10.3 Å². The number of fused-ring (bicyclic) bond motifs is 1. The van der Waals surface area contributed by atoms with Crippen molar-refractivity contribution in [3.8, 4) is 0 Å². The molecular formula is C17H17N3O2. The van der Waals surface area contributed by atoms with Crippen LogP contribution in [0.3, 0.4) is 0 Å². The molecule has 2 N–H and O–H groups in total. The highest BCUT2D eigenvalue weighted by molar-refractivity contribution is 5.85. The van der Waals surface area contributed by atoms with Crippen LogP contribution in [-0.4, -0.2) is 20.6 Å². The molecule has 0 saturated carbocycles. The predicted molar refractivity (Wildman–Crippen MR) is 84.4 cm³/mol. The van der Waals surface area contributed by atoms with E-state index in [0.717, 1.165) is 28.6 Å². The zero-order valence-electron chi connectivity index (χ0n) is 12.1. The number of benzene rings is 1. The third kappa shape index (κ3) is 3.15. The van der Waals surface area contributed by atoms with Gasteiger partial charge in [-0.05, 0) is 23.3 Å². The fourth-order valence-corrected chi connectivity index (χ4v) is 2.58. The van der Waals surface area contributed by atoms with E-state index in [1.54, 1.807) is 10.8 Å². The lowest BCUT2D eigenvalue weighted by Gasteiger charge is -2.03. The van der Waals surface area contributed by atoms with Gasteiger partial charge in [0.05, 0.1) is 0 Å². The van der Waals surface area contributed by atoms with Crippen molar-refractivity contribution in [1.29, 1.82) is 0 Å². The van der Waals surface area contributed by atoms with Crippen LogP contribution in [0.25, 0.3) is 10.9 Å². The van der Waals surface area contributed by atoms with Gasteiger partial charge in [0.1, 0.15) is 6.54 Å². The molecule has 0 aliphatic carbocycles. The number of hydrogen-bond donors (Lipinski definition) is 2. The number of carboxylic acid groups (broad SMARTS) is 1. The van der Waals surface area contributed by atoms with Crippen molar-refractivity contribution in [2.75, 3.05) is 0 Å². The molecule has 112 valence electrons. The van der Waals surface area contributed by atoms with Gasteiger partial charge >= 0.3 is 5.97 Å². The molecular weight excluding hydrogens is 278 g/mol. The highest BCUT2D eigenvalue weighted by atomic mass is 16.4. The summed E-state index contributed by atoms with van der Waals surface area (Å²) in [5, 5.41) is 13.5. The van der Waals surface area contributed by atoms with Gasteiger partial charge in [-0.1, -0.05) is 24.3 Å². The Morgan fingerprint density at radius 3 is 2.82 bits per heavy atom. The lowest BCUT2D eigenvalue weighted by Crippen LogP contribution is -2.12. The molecule has 0 fully saturated rings. The van der Waals surface area contributed by atoms with Gasteiger partial charge in [-0.25, -0.2) is 0 Å². The van der Waals surface area contributed by atoms with Crippen molar-refractivity contribution in [3.05, 3.63) is 66.1 Å². The van der Waals surface area contributed by atoms with E-state index < -0.39 is 5.97 Å². The molecule has 0 atom stereocenters. The third-order valence-electron chi connectivity index (χ3n) is 3.54. The average Bonchev–Trinajstić information content (AvgIpc) is 2.86. The van der Waals surface area contributed by atoms with E-state index in [0.29, 0.717) is 6.54 Å². The van der Waals surface area contributed by atoms with Crippen LogP contribution in [0.15, 0.2) is 55.0 Å². The number of hydrogen-bond acceptors (Lipinski definition) is 3. The van der Waals surface area contributed by atoms with Crippen molar-refractivity contribution in [2.45, 2.75) is 19.6 Å². The van der Waals surface area contributed by atoms with E-state index in [1.807, 2.05) is 48.8 Å². The SMILES string of the molecule is O=C(O)Cn1cc(CNCc2cccnc2)c2ccccc21. The minimum Gasteiger partial charge on any atom is -0.480 e. The summed E-state index contributed by atoms with van der Waals surface area (Å²) < 4.78 is 1.78. The summed E-state index contributed by atoms with van der Waals surface area (Å²) >= 11 is 0. The first kappa shape index (κ1) is 14.3. The summed E-state index contributed by atoms with van der Waals surface area (Å²) in [6.07, 6.45) is 5.50. The predicted octanol–water partition coefficient (Wildman–Crippen LogP) is 2.41. The summed E-state index contributed by atoms with van der Waals surface area (Å²) in [7, 11) is 0. The zero-order chi connectivity index (χ0) is 15.4. The average molecular weight is 295 g/mol. The number of carboxylic acids is 1. The molecule has 0 unspecified atom stereocenters. The number of nitrogens with zero attached hydrogens (tertiary/aromatic N) is 2. The molecule has 3 rings (SSSR count). The number of rotatable bonds is 6. The fourth-order valence-electron chi connectivity index (χ4n) is 2.58. The molecule has 0 aliphatic heterocycles. The molecule has 0 bridgehead atoms. The van der Waals surface area contributed by atoms with Gasteiger partial charge in [-0.15, -0.1) is 0 Å². The van der Waals surface area contributed by atoms with E-state index in [-0.39, 0.29) is 6.54 Å². The molecule has 0 radical (unpaired) electrons. The molecule has 2 aromatic heterocycles. The summed E-state index contributed by atoms with van der Waals surface area (Å²) in [5.41, 5.74) is 3.17. The maximum absolute atomic E-state index is 11.0. The number of nitrogens with one attached hydrogen (secondary N) is 1. The molecule has 0 spiro atoms. The summed E-state index contributed by atoms with van der Waals surface area (Å²) in [6.45, 7) is 1.39. The Hall–Kier alpha value is -2.66. The lowest BCUT2D eigenvalue weighted by atomic mass is 10.2. The Balaban J connectivity index is 1.77. The number of aliphatic carboxylic acids is 1. The van der Waals surface area contributed by atoms with Crippen LogP contribution < -0.4 is 5.32 Å². The molecule has 2 heterocycles. The van der Waals surface area contributed by atoms with Crippen LogP contribution in [0.4, 0.5) is 0 Å². The smallest absolute Gasteiger partial charge is 0.323 e. The Morgan fingerprint density at radius 2 is 2.05 bits per heavy atom. The monoisotopic (exact) mass is 295 g/mol. The van der Waals surface area contributed by atoms with Crippen LogP contribution in [0.5, 0.6) is 0 Å². The highest BCUT2D eigenvalue weighted by Crippen LogP contribution is 2.21. The first-order valence-electron chi connectivity index (χ1n) is 7.12. The van der Waals surface area contributed by atoms with Crippen LogP contribution in [0.1, 0.15) is 11.1 Å². The van der Waals surface area contributed by atoms with Gasteiger partial charge in [0.15, 0.2) is 0 Å². The number of para-hydroxylation sites is 1. The Morgan fingerprint density at radius 1 is 1.18 bits per heavy atom. The maximum Gasteiger partial charge on any atom is 0.323 e. The second-order valence-electron chi connectivity index (χ2n) is 5.16. The van der Waals surface area contributed by atoms with Gasteiger partial charge in [0.25, 0.3) is 0 Å². The molecule has 1 aromatic carbocycles. The van der Waals surface area contributed by atoms with Gasteiger partial charge in [-0.2, -0.15) is 0 Å². The first-order valence-corrected chi connectivity index (χ1v) is 7.12. The minimum atomic E-state index is -0.837. The molecule has 5 heteroatoms. The van der Waals surface area contributed by atoms with Crippen LogP contribution in [-0.2, 0) is 24.4 Å². The Labute approximate surface area is 128 Å². The second-order valence-corrected chi connectivity index (χ2v) is 5.16. The van der Waals surface area contributed by atoms with Crippen molar-refractivity contribution in [2.24, 2.45) is 0 Å². The molecule has 0 saturated heterocycles. The van der Waals surface area contributed by atoms with E-state index in [1.165, 1.54) is 0 Å². The molecule has 22 heavy (non-hydrogen) atoms.